The molecule has 0 spiro atoms. The molecule has 6 nitrogen and oxygen atoms in total. The monoisotopic (exact) mass is 349 g/mol. The number of pyridine rings is 1. The molecule has 1 fully saturated rings. The molecule has 120 valence electrons. The fraction of sp³-hybridized carbons (Fsp3) is 0.267. The molecule has 1 aromatic rings. The molecule has 0 aliphatic carbocycles. The van der Waals surface area contributed by atoms with Gasteiger partial charge in [0.15, 0.2) is 0 Å². The van der Waals surface area contributed by atoms with Gasteiger partial charge in [-0.1, -0.05) is 6.07 Å². The maximum atomic E-state index is 11.7. The largest absolute Gasteiger partial charge is 0.477 e. The molecule has 2 unspecified atom stereocenters. The predicted molar refractivity (Wildman–Crippen MR) is 91.4 cm³/mol. The van der Waals surface area contributed by atoms with E-state index in [4.69, 9.17) is 5.73 Å². The van der Waals surface area contributed by atoms with Gasteiger partial charge in [0.1, 0.15) is 17.1 Å². The van der Waals surface area contributed by atoms with Gasteiger partial charge >= 0.3 is 5.97 Å². The van der Waals surface area contributed by atoms with Gasteiger partial charge in [-0.25, -0.2) is 4.79 Å². The van der Waals surface area contributed by atoms with Crippen LogP contribution in [0, 0.1) is 0 Å². The van der Waals surface area contributed by atoms with Gasteiger partial charge in [-0.3, -0.25) is 14.7 Å². The first-order valence-corrected chi connectivity index (χ1v) is 8.94. The Morgan fingerprint density at radius 2 is 2.39 bits per heavy atom. The molecule has 3 rings (SSSR count). The number of carbonyl (C=O) groups excluding carboxylic acids is 1. The van der Waals surface area contributed by atoms with Crippen LogP contribution in [0.4, 0.5) is 0 Å². The summed E-state index contributed by atoms with van der Waals surface area (Å²) in [5.74, 6) is -0.695. The zero-order valence-electron chi connectivity index (χ0n) is 12.0. The van der Waals surface area contributed by atoms with Crippen molar-refractivity contribution in [2.45, 2.75) is 16.7 Å². The number of aliphatic carboxylic acids is 1. The van der Waals surface area contributed by atoms with Crippen molar-refractivity contribution in [2.24, 2.45) is 5.73 Å². The van der Waals surface area contributed by atoms with Crippen LogP contribution in [-0.4, -0.2) is 49.3 Å². The molecular weight excluding hydrogens is 334 g/mol. The van der Waals surface area contributed by atoms with Gasteiger partial charge in [0.25, 0.3) is 0 Å². The summed E-state index contributed by atoms with van der Waals surface area (Å²) < 4.78 is 0. The average Bonchev–Trinajstić information content (AvgIpc) is 2.58. The third-order valence-corrected chi connectivity index (χ3v) is 6.05. The number of aromatic nitrogens is 1. The Morgan fingerprint density at radius 1 is 1.57 bits per heavy atom. The number of fused-ring (bicyclic) bond motifs is 1. The summed E-state index contributed by atoms with van der Waals surface area (Å²) in [4.78, 5) is 28.3. The van der Waals surface area contributed by atoms with Gasteiger partial charge in [0.2, 0.25) is 5.91 Å². The van der Waals surface area contributed by atoms with E-state index in [1.165, 1.54) is 16.7 Å². The SMILES string of the molecule is NC1C(=O)N2C(C(=O)O)=CC(CS/C=C\c3cccnc3)S[C@@H]12. The molecule has 3 atom stereocenters. The maximum absolute atomic E-state index is 11.7. The molecule has 3 heterocycles. The first-order valence-electron chi connectivity index (χ1n) is 6.95. The van der Waals surface area contributed by atoms with E-state index in [9.17, 15) is 14.7 Å². The standard InChI is InChI=1S/C15H15N3O3S2/c16-12-13(19)18-11(15(20)21)6-10(23-14(12)18)8-22-5-3-9-2-1-4-17-7-9/h1-7,10,12,14H,8,16H2,(H,20,21)/b5-3-/t10?,12?,14-/m0/s1. The number of carboxylic acid groups (broad SMARTS) is 1. The van der Waals surface area contributed by atoms with Crippen LogP contribution < -0.4 is 5.73 Å². The molecule has 1 saturated heterocycles. The van der Waals surface area contributed by atoms with E-state index in [0.29, 0.717) is 5.75 Å². The highest BCUT2D eigenvalue weighted by Crippen LogP contribution is 2.41. The summed E-state index contributed by atoms with van der Waals surface area (Å²) in [5.41, 5.74) is 6.83. The lowest BCUT2D eigenvalue weighted by atomic mass is 10.1. The number of hydrogen-bond acceptors (Lipinski definition) is 6. The zero-order chi connectivity index (χ0) is 16.4. The van der Waals surface area contributed by atoms with Crippen LogP contribution >= 0.6 is 23.5 Å². The second-order valence-electron chi connectivity index (χ2n) is 5.08. The number of amides is 1. The van der Waals surface area contributed by atoms with Gasteiger partial charge in [-0.15, -0.1) is 23.5 Å². The van der Waals surface area contributed by atoms with Crippen molar-refractivity contribution >= 4 is 41.5 Å². The Balaban J connectivity index is 1.62. The minimum absolute atomic E-state index is 0.00467. The number of hydrogen-bond donors (Lipinski definition) is 2. The summed E-state index contributed by atoms with van der Waals surface area (Å²) in [5, 5.41) is 11.0. The quantitative estimate of drug-likeness (QED) is 0.775. The summed E-state index contributed by atoms with van der Waals surface area (Å²) in [6.45, 7) is 0. The molecule has 1 aromatic heterocycles. The van der Waals surface area contributed by atoms with Gasteiger partial charge in [-0.05, 0) is 29.2 Å². The zero-order valence-corrected chi connectivity index (χ0v) is 13.7. The Kier molecular flexibility index (Phi) is 4.74. The molecule has 0 saturated carbocycles. The van der Waals surface area contributed by atoms with Crippen LogP contribution in [0.25, 0.3) is 6.08 Å². The van der Waals surface area contributed by atoms with Gasteiger partial charge in [0, 0.05) is 23.4 Å². The van der Waals surface area contributed by atoms with E-state index >= 15 is 0 Å². The summed E-state index contributed by atoms with van der Waals surface area (Å²) >= 11 is 3.12. The lowest BCUT2D eigenvalue weighted by Gasteiger charge is -2.48. The highest BCUT2D eigenvalue weighted by Gasteiger charge is 2.51. The van der Waals surface area contributed by atoms with Gasteiger partial charge in [-0.2, -0.15) is 0 Å². The van der Waals surface area contributed by atoms with E-state index in [1.54, 1.807) is 30.2 Å². The smallest absolute Gasteiger partial charge is 0.352 e. The molecule has 0 radical (unpaired) electrons. The molecular formula is C15H15N3O3S2. The first kappa shape index (κ1) is 16.1. The minimum Gasteiger partial charge on any atom is -0.477 e. The number of β-lactam (4-membered cyclic amide) rings is 1. The molecule has 2 aliphatic rings. The average molecular weight is 349 g/mol. The summed E-state index contributed by atoms with van der Waals surface area (Å²) in [7, 11) is 0. The lowest BCUT2D eigenvalue weighted by Crippen LogP contribution is -2.68. The Bertz CT molecular complexity index is 678. The summed E-state index contributed by atoms with van der Waals surface area (Å²) in [6.07, 6.45) is 7.08. The Labute approximate surface area is 141 Å². The minimum atomic E-state index is -1.09. The Hall–Kier alpha value is -1.77. The molecule has 3 N–H and O–H groups in total. The lowest BCUT2D eigenvalue weighted by molar-refractivity contribution is -0.147. The topological polar surface area (TPSA) is 96.5 Å². The van der Waals surface area contributed by atoms with Crippen LogP contribution in [0.3, 0.4) is 0 Å². The molecule has 0 aromatic carbocycles. The first-order chi connectivity index (χ1) is 11.1. The van der Waals surface area contributed by atoms with E-state index in [0.717, 1.165) is 5.56 Å². The number of nitrogens with two attached hydrogens (primary N) is 1. The van der Waals surface area contributed by atoms with Crippen LogP contribution in [0.5, 0.6) is 0 Å². The second-order valence-corrected chi connectivity index (χ2v) is 7.38. The van der Waals surface area contributed by atoms with E-state index < -0.39 is 12.0 Å². The second kappa shape index (κ2) is 6.77. The highest BCUT2D eigenvalue weighted by atomic mass is 32.2. The van der Waals surface area contributed by atoms with Crippen molar-refractivity contribution in [3.8, 4) is 0 Å². The van der Waals surface area contributed by atoms with Crippen molar-refractivity contribution in [2.75, 3.05) is 5.75 Å². The van der Waals surface area contributed by atoms with Crippen molar-refractivity contribution in [3.63, 3.8) is 0 Å². The number of rotatable bonds is 5. The normalized spacial score (nSPS) is 26.7. The third kappa shape index (κ3) is 3.29. The predicted octanol–water partition coefficient (Wildman–Crippen LogP) is 1.36. The van der Waals surface area contributed by atoms with Gasteiger partial charge in [0.05, 0.1) is 0 Å². The fourth-order valence-corrected chi connectivity index (χ4v) is 4.77. The Morgan fingerprint density at radius 3 is 3.09 bits per heavy atom. The van der Waals surface area contributed by atoms with Crippen LogP contribution in [0.15, 0.2) is 41.7 Å². The number of thioether (sulfide) groups is 2. The van der Waals surface area contributed by atoms with Crippen molar-refractivity contribution in [3.05, 3.63) is 47.3 Å². The number of carboxylic acids is 1. The molecule has 2 aliphatic heterocycles. The van der Waals surface area contributed by atoms with Crippen molar-refractivity contribution < 1.29 is 14.7 Å². The van der Waals surface area contributed by atoms with Crippen molar-refractivity contribution in [1.82, 2.24) is 9.88 Å². The highest BCUT2D eigenvalue weighted by molar-refractivity contribution is 8.05. The molecule has 1 amide bonds. The summed E-state index contributed by atoms with van der Waals surface area (Å²) in [6, 6.07) is 3.22. The number of nitrogens with zero attached hydrogens (tertiary/aromatic N) is 2. The molecule has 0 bridgehead atoms. The van der Waals surface area contributed by atoms with Crippen molar-refractivity contribution in [1.29, 1.82) is 0 Å². The third-order valence-electron chi connectivity index (χ3n) is 3.52. The van der Waals surface area contributed by atoms with E-state index in [-0.39, 0.29) is 22.2 Å². The molecule has 23 heavy (non-hydrogen) atoms. The number of carbonyl (C=O) groups is 2. The van der Waals surface area contributed by atoms with Crippen LogP contribution in [-0.2, 0) is 9.59 Å². The molecule has 8 heteroatoms. The maximum Gasteiger partial charge on any atom is 0.352 e. The van der Waals surface area contributed by atoms with Crippen LogP contribution in [0.1, 0.15) is 5.56 Å². The van der Waals surface area contributed by atoms with Crippen LogP contribution in [0.2, 0.25) is 0 Å². The van der Waals surface area contributed by atoms with E-state index in [1.807, 2.05) is 23.6 Å². The van der Waals surface area contributed by atoms with Gasteiger partial charge < -0.3 is 10.8 Å². The van der Waals surface area contributed by atoms with E-state index in [2.05, 4.69) is 4.98 Å². The fourth-order valence-electron chi connectivity index (χ4n) is 2.38.